The molecular formula is C9H12N2O2S2. The molecule has 0 aliphatic carbocycles. The van der Waals surface area contributed by atoms with Gasteiger partial charge in [-0.2, -0.15) is 5.26 Å². The van der Waals surface area contributed by atoms with Crippen LogP contribution in [0.1, 0.15) is 11.8 Å². The molecule has 4 nitrogen and oxygen atoms in total. The number of nitrogens with zero attached hydrogens (tertiary/aromatic N) is 1. The van der Waals surface area contributed by atoms with Crippen LogP contribution in [-0.2, 0) is 16.4 Å². The van der Waals surface area contributed by atoms with Gasteiger partial charge < -0.3 is 0 Å². The lowest BCUT2D eigenvalue weighted by Crippen LogP contribution is -2.33. The van der Waals surface area contributed by atoms with Crippen LogP contribution in [0.15, 0.2) is 17.5 Å². The minimum absolute atomic E-state index is 0.342. The van der Waals surface area contributed by atoms with Crippen LogP contribution in [-0.4, -0.2) is 20.2 Å². The minimum Gasteiger partial charge on any atom is -0.214 e. The Morgan fingerprint density at radius 3 is 2.93 bits per heavy atom. The number of thiophene rings is 1. The van der Waals surface area contributed by atoms with Crippen LogP contribution >= 0.6 is 11.3 Å². The van der Waals surface area contributed by atoms with Crippen molar-refractivity contribution in [3.63, 3.8) is 0 Å². The highest BCUT2D eigenvalue weighted by atomic mass is 32.2. The van der Waals surface area contributed by atoms with E-state index in [1.807, 2.05) is 17.5 Å². The molecule has 82 valence electrons. The number of nitriles is 1. The van der Waals surface area contributed by atoms with E-state index >= 15 is 0 Å². The number of rotatable bonds is 5. The summed E-state index contributed by atoms with van der Waals surface area (Å²) in [6, 6.07) is 5.58. The highest BCUT2D eigenvalue weighted by Crippen LogP contribution is 2.08. The van der Waals surface area contributed by atoms with Crippen LogP contribution in [0.5, 0.6) is 0 Å². The summed E-state index contributed by atoms with van der Waals surface area (Å²) in [6.07, 6.45) is 0.662. The summed E-state index contributed by atoms with van der Waals surface area (Å²) < 4.78 is 25.1. The second-order valence-corrected chi connectivity index (χ2v) is 6.16. The summed E-state index contributed by atoms with van der Waals surface area (Å²) in [6.45, 7) is 1.71. The highest BCUT2D eigenvalue weighted by molar-refractivity contribution is 7.90. The van der Waals surface area contributed by atoms with Crippen LogP contribution < -0.4 is 4.72 Å². The molecule has 0 fully saturated rings. The summed E-state index contributed by atoms with van der Waals surface area (Å²) in [5.74, 6) is 0. The van der Waals surface area contributed by atoms with Crippen LogP contribution in [0.25, 0.3) is 0 Å². The smallest absolute Gasteiger partial charge is 0.214 e. The SMILES string of the molecule is CC(C#N)S(=O)(=O)NCCc1cccs1. The molecule has 0 amide bonds. The Balaban J connectivity index is 2.42. The van der Waals surface area contributed by atoms with Gasteiger partial charge in [-0.1, -0.05) is 6.07 Å². The van der Waals surface area contributed by atoms with E-state index in [9.17, 15) is 8.42 Å². The lowest BCUT2D eigenvalue weighted by molar-refractivity contribution is 0.577. The molecule has 1 heterocycles. The van der Waals surface area contributed by atoms with Gasteiger partial charge in [-0.25, -0.2) is 13.1 Å². The molecule has 1 aromatic rings. The zero-order valence-corrected chi connectivity index (χ0v) is 9.94. The molecule has 1 rings (SSSR count). The lowest BCUT2D eigenvalue weighted by atomic mass is 10.3. The van der Waals surface area contributed by atoms with Crippen molar-refractivity contribution >= 4 is 21.4 Å². The van der Waals surface area contributed by atoms with Crippen LogP contribution in [0, 0.1) is 11.3 Å². The van der Waals surface area contributed by atoms with Gasteiger partial charge in [-0.15, -0.1) is 11.3 Å². The molecule has 0 radical (unpaired) electrons. The minimum atomic E-state index is -3.47. The Morgan fingerprint density at radius 2 is 2.40 bits per heavy atom. The maximum atomic E-state index is 11.4. The normalized spacial score (nSPS) is 13.3. The first kappa shape index (κ1) is 12.2. The van der Waals surface area contributed by atoms with Crippen molar-refractivity contribution in [1.82, 2.24) is 4.72 Å². The Labute approximate surface area is 93.6 Å². The summed E-state index contributed by atoms with van der Waals surface area (Å²) in [5, 5.41) is 9.43. The van der Waals surface area contributed by atoms with E-state index in [-0.39, 0.29) is 0 Å². The van der Waals surface area contributed by atoms with Crippen molar-refractivity contribution in [2.45, 2.75) is 18.6 Å². The van der Waals surface area contributed by atoms with Crippen molar-refractivity contribution in [2.75, 3.05) is 6.54 Å². The second kappa shape index (κ2) is 5.26. The first-order chi connectivity index (χ1) is 7.06. The Hall–Kier alpha value is -0.900. The third-order valence-electron chi connectivity index (χ3n) is 1.90. The number of hydrogen-bond acceptors (Lipinski definition) is 4. The van der Waals surface area contributed by atoms with Gasteiger partial charge >= 0.3 is 0 Å². The quantitative estimate of drug-likeness (QED) is 0.844. The zero-order valence-electron chi connectivity index (χ0n) is 8.30. The van der Waals surface area contributed by atoms with Gasteiger partial charge in [0, 0.05) is 11.4 Å². The summed E-state index contributed by atoms with van der Waals surface area (Å²) >= 11 is 1.59. The number of nitrogens with one attached hydrogen (secondary N) is 1. The molecule has 0 saturated heterocycles. The van der Waals surface area contributed by atoms with Crippen molar-refractivity contribution in [1.29, 1.82) is 5.26 Å². The van der Waals surface area contributed by atoms with Gasteiger partial charge in [-0.3, -0.25) is 0 Å². The maximum Gasteiger partial charge on any atom is 0.227 e. The predicted octanol–water partition coefficient (Wildman–Crippen LogP) is 1.12. The van der Waals surface area contributed by atoms with Gasteiger partial charge in [0.05, 0.1) is 6.07 Å². The first-order valence-electron chi connectivity index (χ1n) is 4.47. The van der Waals surface area contributed by atoms with E-state index < -0.39 is 15.3 Å². The molecule has 0 aromatic carbocycles. The zero-order chi connectivity index (χ0) is 11.3. The predicted molar refractivity (Wildman–Crippen MR) is 60.0 cm³/mol. The van der Waals surface area contributed by atoms with Crippen molar-refractivity contribution in [3.05, 3.63) is 22.4 Å². The molecule has 6 heteroatoms. The largest absolute Gasteiger partial charge is 0.227 e. The van der Waals surface area contributed by atoms with E-state index in [1.165, 1.54) is 6.92 Å². The van der Waals surface area contributed by atoms with E-state index in [0.717, 1.165) is 4.88 Å². The number of sulfonamides is 1. The van der Waals surface area contributed by atoms with Gasteiger partial charge in [0.1, 0.15) is 0 Å². The lowest BCUT2D eigenvalue weighted by Gasteiger charge is -2.06. The average Bonchev–Trinajstić information content (AvgIpc) is 2.69. The monoisotopic (exact) mass is 244 g/mol. The topological polar surface area (TPSA) is 70.0 Å². The van der Waals surface area contributed by atoms with Crippen molar-refractivity contribution in [2.24, 2.45) is 0 Å². The molecule has 0 saturated carbocycles. The summed E-state index contributed by atoms with van der Waals surface area (Å²) in [4.78, 5) is 1.13. The molecule has 0 bridgehead atoms. The standard InChI is InChI=1S/C9H12N2O2S2/c1-8(7-10)15(12,13)11-5-4-9-3-2-6-14-9/h2-3,6,8,11H,4-5H2,1H3. The molecule has 1 aromatic heterocycles. The van der Waals surface area contributed by atoms with E-state index in [0.29, 0.717) is 13.0 Å². The molecule has 1 atom stereocenters. The molecule has 15 heavy (non-hydrogen) atoms. The fraction of sp³-hybridized carbons (Fsp3) is 0.444. The van der Waals surface area contributed by atoms with Crippen molar-refractivity contribution < 1.29 is 8.42 Å². The average molecular weight is 244 g/mol. The summed E-state index contributed by atoms with van der Waals surface area (Å²) in [7, 11) is -3.47. The third kappa shape index (κ3) is 3.63. The Morgan fingerprint density at radius 1 is 1.67 bits per heavy atom. The Kier molecular flexibility index (Phi) is 4.27. The van der Waals surface area contributed by atoms with E-state index in [2.05, 4.69) is 4.72 Å². The molecule has 1 unspecified atom stereocenters. The number of hydrogen-bond donors (Lipinski definition) is 1. The van der Waals surface area contributed by atoms with Gasteiger partial charge in [-0.05, 0) is 24.8 Å². The molecule has 0 aliphatic rings. The van der Waals surface area contributed by atoms with Crippen LogP contribution in [0.3, 0.4) is 0 Å². The van der Waals surface area contributed by atoms with Gasteiger partial charge in [0.25, 0.3) is 0 Å². The van der Waals surface area contributed by atoms with Crippen molar-refractivity contribution in [3.8, 4) is 6.07 Å². The van der Waals surface area contributed by atoms with Crippen LogP contribution in [0.4, 0.5) is 0 Å². The fourth-order valence-electron chi connectivity index (χ4n) is 0.966. The second-order valence-electron chi connectivity index (χ2n) is 3.04. The molecule has 0 spiro atoms. The first-order valence-corrected chi connectivity index (χ1v) is 6.89. The van der Waals surface area contributed by atoms with Gasteiger partial charge in [0.15, 0.2) is 5.25 Å². The van der Waals surface area contributed by atoms with E-state index in [1.54, 1.807) is 17.4 Å². The maximum absolute atomic E-state index is 11.4. The molecule has 0 aliphatic heterocycles. The summed E-state index contributed by atoms with van der Waals surface area (Å²) in [5.41, 5.74) is 0. The van der Waals surface area contributed by atoms with Crippen LogP contribution in [0.2, 0.25) is 0 Å². The third-order valence-corrected chi connectivity index (χ3v) is 4.48. The fourth-order valence-corrected chi connectivity index (χ4v) is 2.45. The van der Waals surface area contributed by atoms with Gasteiger partial charge in [0.2, 0.25) is 10.0 Å². The van der Waals surface area contributed by atoms with E-state index in [4.69, 9.17) is 5.26 Å². The molecule has 1 N–H and O–H groups in total. The highest BCUT2D eigenvalue weighted by Gasteiger charge is 2.18. The Bertz CT molecular complexity index is 431. The molecular weight excluding hydrogens is 232 g/mol.